The highest BCUT2D eigenvalue weighted by molar-refractivity contribution is 7.14. The maximum Gasteiger partial charge on any atom is 0.407 e. The minimum absolute atomic E-state index is 0.170. The molecule has 0 saturated carbocycles. The van der Waals surface area contributed by atoms with Crippen molar-refractivity contribution >= 4 is 34.4 Å². The number of rotatable bonds is 7. The summed E-state index contributed by atoms with van der Waals surface area (Å²) in [6.07, 6.45) is 0.160. The number of thiazole rings is 1. The van der Waals surface area contributed by atoms with Gasteiger partial charge in [-0.1, -0.05) is 0 Å². The van der Waals surface area contributed by atoms with Crippen LogP contribution in [0.2, 0.25) is 0 Å². The molecule has 0 bridgehead atoms. The smallest absolute Gasteiger partial charge is 0.407 e. The number of aromatic nitrogens is 1. The van der Waals surface area contributed by atoms with Gasteiger partial charge in [0, 0.05) is 18.3 Å². The summed E-state index contributed by atoms with van der Waals surface area (Å²) in [6.45, 7) is 7.63. The lowest BCUT2D eigenvalue weighted by Gasteiger charge is -2.19. The molecule has 0 aliphatic carbocycles. The second-order valence-electron chi connectivity index (χ2n) is 5.84. The Morgan fingerprint density at radius 1 is 1.29 bits per heavy atom. The van der Waals surface area contributed by atoms with Crippen molar-refractivity contribution in [2.75, 3.05) is 18.5 Å². The highest BCUT2D eigenvalue weighted by Crippen LogP contribution is 2.16. The van der Waals surface area contributed by atoms with Crippen molar-refractivity contribution in [2.45, 2.75) is 46.1 Å². The third-order valence-corrected chi connectivity index (χ3v) is 3.24. The average molecular weight is 357 g/mol. The number of ether oxygens (including phenoxy) is 2. The number of esters is 1. The predicted molar refractivity (Wildman–Crippen MR) is 90.2 cm³/mol. The quantitative estimate of drug-likeness (QED) is 0.574. The first-order chi connectivity index (χ1) is 11.2. The minimum atomic E-state index is -0.553. The molecule has 2 N–H and O–H groups in total. The van der Waals surface area contributed by atoms with Gasteiger partial charge >= 0.3 is 12.1 Å². The van der Waals surface area contributed by atoms with Gasteiger partial charge in [0.05, 0.1) is 6.61 Å². The molecule has 9 heteroatoms. The number of amides is 2. The van der Waals surface area contributed by atoms with Crippen LogP contribution in [0.25, 0.3) is 0 Å². The van der Waals surface area contributed by atoms with E-state index in [9.17, 15) is 14.4 Å². The van der Waals surface area contributed by atoms with E-state index in [4.69, 9.17) is 9.47 Å². The molecule has 8 nitrogen and oxygen atoms in total. The molecule has 134 valence electrons. The number of nitrogens with one attached hydrogen (secondary N) is 2. The fraction of sp³-hybridized carbons (Fsp3) is 0.600. The molecule has 0 fully saturated rings. The lowest BCUT2D eigenvalue weighted by Crippen LogP contribution is -2.33. The Hall–Kier alpha value is -2.16. The lowest BCUT2D eigenvalue weighted by atomic mass is 10.2. The van der Waals surface area contributed by atoms with Gasteiger partial charge in [0.1, 0.15) is 5.60 Å². The van der Waals surface area contributed by atoms with E-state index in [1.165, 1.54) is 5.38 Å². The molecule has 24 heavy (non-hydrogen) atoms. The molecule has 0 aromatic carbocycles. The summed E-state index contributed by atoms with van der Waals surface area (Å²) in [6, 6.07) is 0. The van der Waals surface area contributed by atoms with Crippen LogP contribution in [0.5, 0.6) is 0 Å². The van der Waals surface area contributed by atoms with Crippen LogP contribution in [0, 0.1) is 0 Å². The van der Waals surface area contributed by atoms with E-state index in [1.54, 1.807) is 27.7 Å². The standard InChI is InChI=1S/C15H23N3O5S/c1-5-22-12(20)10-9-24-13(17-10)18-11(19)7-6-8-16-14(21)23-15(2,3)4/h9H,5-8H2,1-4H3,(H,16,21)(H,17,18,19). The molecule has 0 unspecified atom stereocenters. The van der Waals surface area contributed by atoms with Crippen molar-refractivity contribution in [3.05, 3.63) is 11.1 Å². The SMILES string of the molecule is CCOC(=O)c1csc(NC(=O)CCCNC(=O)OC(C)(C)C)n1. The molecule has 1 heterocycles. The molecular weight excluding hydrogens is 334 g/mol. The number of nitrogens with zero attached hydrogens (tertiary/aromatic N) is 1. The largest absolute Gasteiger partial charge is 0.461 e. The summed E-state index contributed by atoms with van der Waals surface area (Å²) in [5.74, 6) is -0.762. The second kappa shape index (κ2) is 9.21. The normalized spacial score (nSPS) is 10.8. The summed E-state index contributed by atoms with van der Waals surface area (Å²) >= 11 is 1.15. The zero-order chi connectivity index (χ0) is 18.2. The van der Waals surface area contributed by atoms with Gasteiger partial charge in [-0.05, 0) is 34.1 Å². The summed E-state index contributed by atoms with van der Waals surface area (Å²) in [4.78, 5) is 38.7. The van der Waals surface area contributed by atoms with Crippen molar-refractivity contribution in [3.8, 4) is 0 Å². The van der Waals surface area contributed by atoms with E-state index in [-0.39, 0.29) is 24.6 Å². The first-order valence-electron chi connectivity index (χ1n) is 7.60. The molecule has 0 radical (unpaired) electrons. The second-order valence-corrected chi connectivity index (χ2v) is 6.70. The van der Waals surface area contributed by atoms with Crippen LogP contribution in [0.1, 0.15) is 51.0 Å². The van der Waals surface area contributed by atoms with Crippen molar-refractivity contribution in [2.24, 2.45) is 0 Å². The number of anilines is 1. The molecular formula is C15H23N3O5S. The zero-order valence-corrected chi connectivity index (χ0v) is 15.1. The van der Waals surface area contributed by atoms with Gasteiger partial charge in [0.15, 0.2) is 10.8 Å². The van der Waals surface area contributed by atoms with Gasteiger partial charge in [-0.2, -0.15) is 0 Å². The van der Waals surface area contributed by atoms with Crippen LogP contribution in [0.3, 0.4) is 0 Å². The molecule has 0 saturated heterocycles. The Morgan fingerprint density at radius 2 is 2.00 bits per heavy atom. The number of hydrogen-bond acceptors (Lipinski definition) is 7. The number of carbonyl (C=O) groups is 3. The zero-order valence-electron chi connectivity index (χ0n) is 14.3. The predicted octanol–water partition coefficient (Wildman–Crippen LogP) is 2.56. The molecule has 1 aromatic heterocycles. The van der Waals surface area contributed by atoms with Crippen molar-refractivity contribution in [3.63, 3.8) is 0 Å². The third-order valence-electron chi connectivity index (χ3n) is 2.48. The lowest BCUT2D eigenvalue weighted by molar-refractivity contribution is -0.116. The highest BCUT2D eigenvalue weighted by atomic mass is 32.1. The van der Waals surface area contributed by atoms with E-state index in [2.05, 4.69) is 15.6 Å². The van der Waals surface area contributed by atoms with E-state index in [1.807, 2.05) is 0 Å². The highest BCUT2D eigenvalue weighted by Gasteiger charge is 2.16. The maximum absolute atomic E-state index is 11.8. The Labute approximate surface area is 144 Å². The van der Waals surface area contributed by atoms with Crippen LogP contribution >= 0.6 is 11.3 Å². The Balaban J connectivity index is 2.27. The summed E-state index contributed by atoms with van der Waals surface area (Å²) in [7, 11) is 0. The monoisotopic (exact) mass is 357 g/mol. The van der Waals surface area contributed by atoms with Crippen molar-refractivity contribution < 1.29 is 23.9 Å². The van der Waals surface area contributed by atoms with E-state index in [0.29, 0.717) is 18.1 Å². The molecule has 0 atom stereocenters. The number of hydrogen-bond donors (Lipinski definition) is 2. The van der Waals surface area contributed by atoms with Gasteiger partial charge in [-0.15, -0.1) is 11.3 Å². The molecule has 1 aromatic rings. The van der Waals surface area contributed by atoms with Gasteiger partial charge in [-0.3, -0.25) is 4.79 Å². The van der Waals surface area contributed by atoms with Crippen LogP contribution < -0.4 is 10.6 Å². The van der Waals surface area contributed by atoms with Crippen LogP contribution in [0.15, 0.2) is 5.38 Å². The van der Waals surface area contributed by atoms with Gasteiger partial charge in [-0.25, -0.2) is 14.6 Å². The van der Waals surface area contributed by atoms with Gasteiger partial charge in [0.2, 0.25) is 5.91 Å². The summed E-state index contributed by atoms with van der Waals surface area (Å²) < 4.78 is 9.91. The van der Waals surface area contributed by atoms with Crippen molar-refractivity contribution in [1.82, 2.24) is 10.3 Å². The molecule has 2 amide bonds. The van der Waals surface area contributed by atoms with Crippen molar-refractivity contribution in [1.29, 1.82) is 0 Å². The molecule has 0 aliphatic rings. The topological polar surface area (TPSA) is 107 Å². The average Bonchev–Trinajstić information content (AvgIpc) is 2.90. The minimum Gasteiger partial charge on any atom is -0.461 e. The molecule has 0 aliphatic heterocycles. The first kappa shape index (κ1) is 19.9. The van der Waals surface area contributed by atoms with Crippen LogP contribution in [0.4, 0.5) is 9.93 Å². The third kappa shape index (κ3) is 7.91. The van der Waals surface area contributed by atoms with E-state index >= 15 is 0 Å². The fourth-order valence-corrected chi connectivity index (χ4v) is 2.26. The Bertz CT molecular complexity index is 580. The van der Waals surface area contributed by atoms with Gasteiger partial charge in [0.25, 0.3) is 0 Å². The van der Waals surface area contributed by atoms with E-state index in [0.717, 1.165) is 11.3 Å². The molecule has 0 spiro atoms. The first-order valence-corrected chi connectivity index (χ1v) is 8.48. The number of alkyl carbamates (subject to hydrolysis) is 1. The fourth-order valence-electron chi connectivity index (χ4n) is 1.57. The maximum atomic E-state index is 11.8. The van der Waals surface area contributed by atoms with Crippen LogP contribution in [-0.2, 0) is 14.3 Å². The molecule has 1 rings (SSSR count). The Kier molecular flexibility index (Phi) is 7.63. The van der Waals surface area contributed by atoms with E-state index < -0.39 is 17.7 Å². The van der Waals surface area contributed by atoms with Gasteiger partial charge < -0.3 is 20.1 Å². The number of carbonyl (C=O) groups excluding carboxylic acids is 3. The Morgan fingerprint density at radius 3 is 2.62 bits per heavy atom. The summed E-state index contributed by atoms with van der Waals surface area (Å²) in [5.41, 5.74) is -0.383. The summed E-state index contributed by atoms with van der Waals surface area (Å²) in [5, 5.41) is 7.04. The van der Waals surface area contributed by atoms with Crippen LogP contribution in [-0.4, -0.2) is 41.7 Å².